The van der Waals surface area contributed by atoms with Gasteiger partial charge in [0.25, 0.3) is 0 Å². The van der Waals surface area contributed by atoms with Crippen molar-refractivity contribution in [3.05, 3.63) is 35.3 Å². The molecule has 0 saturated heterocycles. The van der Waals surface area contributed by atoms with E-state index in [1.54, 1.807) is 18.4 Å². The number of thiazole rings is 1. The van der Waals surface area contributed by atoms with Crippen LogP contribution in [0, 0.1) is 5.41 Å². The van der Waals surface area contributed by atoms with Crippen LogP contribution in [0.5, 0.6) is 5.75 Å². The topological polar surface area (TPSA) is 51.2 Å². The Hall–Kier alpha value is -1.88. The molecule has 2 rings (SSSR count). The number of carbonyl (C=O) groups excluding carboxylic acids is 1. The summed E-state index contributed by atoms with van der Waals surface area (Å²) >= 11 is 1.62. The molecule has 1 N–H and O–H groups in total. The van der Waals surface area contributed by atoms with Gasteiger partial charge in [-0.2, -0.15) is 0 Å². The minimum Gasteiger partial charge on any atom is -0.497 e. The standard InChI is InChI=1S/C17H22N2O2S/c1-17(2,3)16(20)18-10-9-13-11-22-15(19-13)12-5-7-14(21-4)8-6-12/h5-8,11H,9-10H2,1-4H3,(H,18,20). The quantitative estimate of drug-likeness (QED) is 0.917. The first-order valence-corrected chi connectivity index (χ1v) is 8.15. The van der Waals surface area contributed by atoms with E-state index in [-0.39, 0.29) is 11.3 Å². The predicted molar refractivity (Wildman–Crippen MR) is 90.3 cm³/mol. The summed E-state index contributed by atoms with van der Waals surface area (Å²) in [6.45, 7) is 6.34. The Balaban J connectivity index is 1.92. The Morgan fingerprint density at radius 3 is 2.55 bits per heavy atom. The van der Waals surface area contributed by atoms with Crippen LogP contribution in [-0.4, -0.2) is 24.5 Å². The van der Waals surface area contributed by atoms with E-state index in [1.165, 1.54) is 0 Å². The molecule has 0 fully saturated rings. The van der Waals surface area contributed by atoms with Gasteiger partial charge in [0.15, 0.2) is 0 Å². The van der Waals surface area contributed by atoms with Crippen LogP contribution >= 0.6 is 11.3 Å². The molecule has 0 bridgehead atoms. The van der Waals surface area contributed by atoms with Gasteiger partial charge in [-0.05, 0) is 24.3 Å². The van der Waals surface area contributed by atoms with Crippen molar-refractivity contribution in [3.8, 4) is 16.3 Å². The van der Waals surface area contributed by atoms with Gasteiger partial charge in [0.05, 0.1) is 12.8 Å². The van der Waals surface area contributed by atoms with E-state index in [9.17, 15) is 4.79 Å². The lowest BCUT2D eigenvalue weighted by molar-refractivity contribution is -0.128. The van der Waals surface area contributed by atoms with E-state index < -0.39 is 0 Å². The van der Waals surface area contributed by atoms with Crippen molar-refractivity contribution in [2.24, 2.45) is 5.41 Å². The molecule has 0 aliphatic rings. The van der Waals surface area contributed by atoms with Crippen molar-refractivity contribution in [2.45, 2.75) is 27.2 Å². The summed E-state index contributed by atoms with van der Waals surface area (Å²) in [6, 6.07) is 7.87. The highest BCUT2D eigenvalue weighted by molar-refractivity contribution is 7.13. The first-order valence-electron chi connectivity index (χ1n) is 7.27. The molecular weight excluding hydrogens is 296 g/mol. The number of hydrogen-bond acceptors (Lipinski definition) is 4. The molecule has 0 radical (unpaired) electrons. The molecule has 1 amide bonds. The molecule has 0 unspecified atom stereocenters. The third kappa shape index (κ3) is 4.31. The molecule has 0 atom stereocenters. The van der Waals surface area contributed by atoms with Crippen LogP contribution in [-0.2, 0) is 11.2 Å². The third-order valence-corrected chi connectivity index (χ3v) is 4.18. The van der Waals surface area contributed by atoms with Crippen LogP contribution in [0.15, 0.2) is 29.6 Å². The normalized spacial score (nSPS) is 11.3. The average molecular weight is 318 g/mol. The third-order valence-electron chi connectivity index (χ3n) is 3.24. The Kier molecular flexibility index (Phi) is 5.19. The summed E-state index contributed by atoms with van der Waals surface area (Å²) in [4.78, 5) is 16.4. The fourth-order valence-corrected chi connectivity index (χ4v) is 2.72. The van der Waals surface area contributed by atoms with E-state index in [1.807, 2.05) is 50.4 Å². The van der Waals surface area contributed by atoms with Crippen molar-refractivity contribution < 1.29 is 9.53 Å². The minimum absolute atomic E-state index is 0.0677. The summed E-state index contributed by atoms with van der Waals surface area (Å²) in [5, 5.41) is 5.97. The summed E-state index contributed by atoms with van der Waals surface area (Å²) in [5.74, 6) is 0.906. The molecule has 1 aromatic carbocycles. The van der Waals surface area contributed by atoms with Crippen LogP contribution in [0.1, 0.15) is 26.5 Å². The van der Waals surface area contributed by atoms with Crippen molar-refractivity contribution in [3.63, 3.8) is 0 Å². The number of nitrogens with zero attached hydrogens (tertiary/aromatic N) is 1. The average Bonchev–Trinajstić information content (AvgIpc) is 2.95. The lowest BCUT2D eigenvalue weighted by atomic mass is 9.96. The van der Waals surface area contributed by atoms with Crippen molar-refractivity contribution in [1.82, 2.24) is 10.3 Å². The maximum absolute atomic E-state index is 11.8. The maximum atomic E-state index is 11.8. The number of methoxy groups -OCH3 is 1. The first kappa shape index (κ1) is 16.5. The zero-order valence-electron chi connectivity index (χ0n) is 13.5. The van der Waals surface area contributed by atoms with Crippen LogP contribution in [0.4, 0.5) is 0 Å². The number of ether oxygens (including phenoxy) is 1. The fraction of sp³-hybridized carbons (Fsp3) is 0.412. The maximum Gasteiger partial charge on any atom is 0.225 e. The minimum atomic E-state index is -0.351. The monoisotopic (exact) mass is 318 g/mol. The SMILES string of the molecule is COc1ccc(-c2nc(CCNC(=O)C(C)(C)C)cs2)cc1. The second-order valence-electron chi connectivity index (χ2n) is 6.13. The van der Waals surface area contributed by atoms with Gasteiger partial charge in [-0.15, -0.1) is 11.3 Å². The van der Waals surface area contributed by atoms with Crippen LogP contribution < -0.4 is 10.1 Å². The Morgan fingerprint density at radius 2 is 1.95 bits per heavy atom. The van der Waals surface area contributed by atoms with Crippen molar-refractivity contribution >= 4 is 17.2 Å². The van der Waals surface area contributed by atoms with E-state index in [0.29, 0.717) is 6.54 Å². The summed E-state index contributed by atoms with van der Waals surface area (Å²) in [6.07, 6.45) is 0.745. The number of rotatable bonds is 5. The Morgan fingerprint density at radius 1 is 1.27 bits per heavy atom. The predicted octanol–water partition coefficient (Wildman–Crippen LogP) is 3.52. The van der Waals surface area contributed by atoms with E-state index in [2.05, 4.69) is 10.3 Å². The molecule has 0 saturated carbocycles. The highest BCUT2D eigenvalue weighted by Crippen LogP contribution is 2.25. The molecule has 2 aromatic rings. The number of aromatic nitrogens is 1. The lowest BCUT2D eigenvalue weighted by Crippen LogP contribution is -2.35. The van der Waals surface area contributed by atoms with Gasteiger partial charge in [-0.25, -0.2) is 4.98 Å². The summed E-state index contributed by atoms with van der Waals surface area (Å²) in [5.41, 5.74) is 1.73. The molecule has 0 aliphatic carbocycles. The van der Waals surface area contributed by atoms with E-state index >= 15 is 0 Å². The van der Waals surface area contributed by atoms with Gasteiger partial charge >= 0.3 is 0 Å². The second kappa shape index (κ2) is 6.92. The zero-order chi connectivity index (χ0) is 16.2. The van der Waals surface area contributed by atoms with Crippen LogP contribution in [0.2, 0.25) is 0 Å². The zero-order valence-corrected chi connectivity index (χ0v) is 14.3. The smallest absolute Gasteiger partial charge is 0.225 e. The number of hydrogen-bond donors (Lipinski definition) is 1. The van der Waals surface area contributed by atoms with Crippen LogP contribution in [0.25, 0.3) is 10.6 Å². The fourth-order valence-electron chi connectivity index (χ4n) is 1.86. The number of nitrogens with one attached hydrogen (secondary N) is 1. The number of benzene rings is 1. The molecule has 0 spiro atoms. The molecule has 22 heavy (non-hydrogen) atoms. The molecule has 5 heteroatoms. The summed E-state index contributed by atoms with van der Waals surface area (Å²) in [7, 11) is 1.66. The van der Waals surface area contributed by atoms with E-state index in [0.717, 1.165) is 28.4 Å². The Bertz CT molecular complexity index is 627. The summed E-state index contributed by atoms with van der Waals surface area (Å²) < 4.78 is 5.16. The lowest BCUT2D eigenvalue weighted by Gasteiger charge is -2.17. The van der Waals surface area contributed by atoms with Crippen molar-refractivity contribution in [2.75, 3.05) is 13.7 Å². The Labute approximate surface area is 135 Å². The van der Waals surface area contributed by atoms with Gasteiger partial charge in [0.2, 0.25) is 5.91 Å². The largest absolute Gasteiger partial charge is 0.497 e. The van der Waals surface area contributed by atoms with Gasteiger partial charge in [0.1, 0.15) is 10.8 Å². The van der Waals surface area contributed by atoms with Gasteiger partial charge in [-0.1, -0.05) is 20.8 Å². The van der Waals surface area contributed by atoms with Crippen molar-refractivity contribution in [1.29, 1.82) is 0 Å². The highest BCUT2D eigenvalue weighted by Gasteiger charge is 2.20. The van der Waals surface area contributed by atoms with Gasteiger partial charge in [-0.3, -0.25) is 4.79 Å². The molecule has 4 nitrogen and oxygen atoms in total. The highest BCUT2D eigenvalue weighted by atomic mass is 32.1. The second-order valence-corrected chi connectivity index (χ2v) is 6.99. The van der Waals surface area contributed by atoms with Gasteiger partial charge in [0, 0.05) is 29.3 Å². The molecule has 1 aromatic heterocycles. The molecular formula is C17H22N2O2S. The van der Waals surface area contributed by atoms with Gasteiger partial charge < -0.3 is 10.1 Å². The molecule has 1 heterocycles. The molecule has 0 aliphatic heterocycles. The first-order chi connectivity index (χ1) is 10.4. The molecule has 118 valence electrons. The number of carbonyl (C=O) groups is 1. The van der Waals surface area contributed by atoms with E-state index in [4.69, 9.17) is 4.74 Å². The van der Waals surface area contributed by atoms with Crippen LogP contribution in [0.3, 0.4) is 0 Å². The number of amides is 1.